The third-order valence-corrected chi connectivity index (χ3v) is 2.92. The van der Waals surface area contributed by atoms with Gasteiger partial charge in [-0.2, -0.15) is 0 Å². The maximum atomic E-state index is 11.4. The molecule has 1 saturated carbocycles. The molecule has 1 fully saturated rings. The molecule has 1 aliphatic carbocycles. The minimum atomic E-state index is -0.786. The van der Waals surface area contributed by atoms with E-state index in [0.717, 1.165) is 0 Å². The van der Waals surface area contributed by atoms with E-state index in [0.29, 0.717) is 12.1 Å². The molecular formula is C10H9NO3S. The van der Waals surface area contributed by atoms with Crippen molar-refractivity contribution in [2.75, 3.05) is 0 Å². The zero-order valence-electron chi connectivity index (χ0n) is 7.79. The first-order valence-corrected chi connectivity index (χ1v) is 5.46. The summed E-state index contributed by atoms with van der Waals surface area (Å²) in [4.78, 5) is 25.8. The molecule has 0 aromatic carbocycles. The lowest BCUT2D eigenvalue weighted by molar-refractivity contribution is -0.138. The largest absolute Gasteiger partial charge is 0.481 e. The monoisotopic (exact) mass is 223 g/mol. The summed E-state index contributed by atoms with van der Waals surface area (Å²) in [6.45, 7) is 0. The van der Waals surface area contributed by atoms with E-state index in [9.17, 15) is 9.59 Å². The summed E-state index contributed by atoms with van der Waals surface area (Å²) >= 11 is 1.36. The Morgan fingerprint density at radius 2 is 2.40 bits per heavy atom. The molecule has 5 heteroatoms. The van der Waals surface area contributed by atoms with Gasteiger partial charge >= 0.3 is 5.97 Å². The van der Waals surface area contributed by atoms with Crippen molar-refractivity contribution < 1.29 is 14.7 Å². The van der Waals surface area contributed by atoms with Crippen LogP contribution in [0.15, 0.2) is 23.0 Å². The molecule has 2 rings (SSSR count). The van der Waals surface area contributed by atoms with E-state index < -0.39 is 5.97 Å². The smallest absolute Gasteiger partial charge is 0.307 e. The van der Waals surface area contributed by atoms with Crippen LogP contribution in [0.25, 0.3) is 0 Å². The second kappa shape index (κ2) is 3.94. The molecule has 1 aliphatic rings. The van der Waals surface area contributed by atoms with Crippen molar-refractivity contribution in [3.8, 4) is 0 Å². The number of rotatable bonds is 4. The van der Waals surface area contributed by atoms with Gasteiger partial charge in [0.1, 0.15) is 5.69 Å². The van der Waals surface area contributed by atoms with Crippen LogP contribution in [0, 0.1) is 11.8 Å². The average Bonchev–Trinajstić information content (AvgIpc) is 2.78. The number of thiazole rings is 1. The van der Waals surface area contributed by atoms with Crippen LogP contribution < -0.4 is 0 Å². The maximum Gasteiger partial charge on any atom is 0.307 e. The molecule has 0 aliphatic heterocycles. The Morgan fingerprint density at radius 3 is 2.93 bits per heavy atom. The van der Waals surface area contributed by atoms with E-state index in [4.69, 9.17) is 5.11 Å². The van der Waals surface area contributed by atoms with Gasteiger partial charge in [0.15, 0.2) is 0 Å². The predicted molar refractivity (Wildman–Crippen MR) is 54.8 cm³/mol. The van der Waals surface area contributed by atoms with E-state index >= 15 is 0 Å². The van der Waals surface area contributed by atoms with Crippen LogP contribution >= 0.6 is 11.3 Å². The van der Waals surface area contributed by atoms with Crippen molar-refractivity contribution in [1.29, 1.82) is 0 Å². The average molecular weight is 223 g/mol. The SMILES string of the molecule is O=C(/C=C/[C@@H]1C[C@H]1C(=O)O)c1cscn1. The number of carboxylic acid groups (broad SMARTS) is 1. The number of carbonyl (C=O) groups is 2. The highest BCUT2D eigenvalue weighted by Gasteiger charge is 2.41. The lowest BCUT2D eigenvalue weighted by Gasteiger charge is -1.87. The fraction of sp³-hybridized carbons (Fsp3) is 0.300. The second-order valence-electron chi connectivity index (χ2n) is 3.44. The lowest BCUT2D eigenvalue weighted by atomic mass is 10.2. The van der Waals surface area contributed by atoms with Crippen LogP contribution in [0.4, 0.5) is 0 Å². The lowest BCUT2D eigenvalue weighted by Crippen LogP contribution is -1.99. The third-order valence-electron chi connectivity index (χ3n) is 2.34. The van der Waals surface area contributed by atoms with Gasteiger partial charge in [-0.25, -0.2) is 4.98 Å². The van der Waals surface area contributed by atoms with Gasteiger partial charge in [0, 0.05) is 5.38 Å². The zero-order chi connectivity index (χ0) is 10.8. The molecule has 0 saturated heterocycles. The summed E-state index contributed by atoms with van der Waals surface area (Å²) in [6.07, 6.45) is 3.72. The standard InChI is InChI=1S/C10H9NO3S/c12-9(8-4-15-5-11-8)2-1-6-3-7(6)10(13)14/h1-2,4-7H,3H2,(H,13,14)/b2-1+/t6-,7-/m1/s1. The van der Waals surface area contributed by atoms with Crippen LogP contribution in [0.3, 0.4) is 0 Å². The first-order chi connectivity index (χ1) is 7.18. The van der Waals surface area contributed by atoms with Gasteiger partial charge in [-0.1, -0.05) is 6.08 Å². The summed E-state index contributed by atoms with van der Waals surface area (Å²) in [5, 5.41) is 10.3. The highest BCUT2D eigenvalue weighted by atomic mass is 32.1. The van der Waals surface area contributed by atoms with Crippen molar-refractivity contribution in [1.82, 2.24) is 4.98 Å². The molecule has 15 heavy (non-hydrogen) atoms. The highest BCUT2D eigenvalue weighted by Crippen LogP contribution is 2.39. The Bertz CT molecular complexity index is 410. The maximum absolute atomic E-state index is 11.4. The minimum absolute atomic E-state index is 0.0186. The Labute approximate surface area is 90.3 Å². The molecule has 0 unspecified atom stereocenters. The summed E-state index contributed by atoms with van der Waals surface area (Å²) < 4.78 is 0. The number of allylic oxidation sites excluding steroid dienone is 2. The quantitative estimate of drug-likeness (QED) is 0.622. The second-order valence-corrected chi connectivity index (χ2v) is 4.16. The number of aromatic nitrogens is 1. The summed E-state index contributed by atoms with van der Waals surface area (Å²) in [5.41, 5.74) is 2.02. The molecule has 1 aromatic rings. The highest BCUT2D eigenvalue weighted by molar-refractivity contribution is 7.07. The van der Waals surface area contributed by atoms with E-state index in [1.807, 2.05) is 0 Å². The van der Waals surface area contributed by atoms with Gasteiger partial charge < -0.3 is 5.11 Å². The molecule has 78 valence electrons. The van der Waals surface area contributed by atoms with Gasteiger partial charge in [0.2, 0.25) is 5.78 Å². The van der Waals surface area contributed by atoms with Gasteiger partial charge in [-0.05, 0) is 18.4 Å². The van der Waals surface area contributed by atoms with Crippen LogP contribution in [0.1, 0.15) is 16.9 Å². The Hall–Kier alpha value is -1.49. The zero-order valence-corrected chi connectivity index (χ0v) is 8.61. The van der Waals surface area contributed by atoms with E-state index in [-0.39, 0.29) is 17.6 Å². The summed E-state index contributed by atoms with van der Waals surface area (Å²) in [6, 6.07) is 0. The molecule has 1 N–H and O–H groups in total. The molecule has 0 bridgehead atoms. The van der Waals surface area contributed by atoms with Crippen molar-refractivity contribution >= 4 is 23.1 Å². The Kier molecular flexibility index (Phi) is 2.64. The van der Waals surface area contributed by atoms with Crippen molar-refractivity contribution in [3.05, 3.63) is 28.7 Å². The fourth-order valence-corrected chi connectivity index (χ4v) is 1.88. The fourth-order valence-electron chi connectivity index (χ4n) is 1.34. The molecular weight excluding hydrogens is 214 g/mol. The predicted octanol–water partition coefficient (Wildman–Crippen LogP) is 1.60. The minimum Gasteiger partial charge on any atom is -0.481 e. The summed E-state index contributed by atoms with van der Waals surface area (Å²) in [5.74, 6) is -1.23. The molecule has 4 nitrogen and oxygen atoms in total. The summed E-state index contributed by atoms with van der Waals surface area (Å²) in [7, 11) is 0. The molecule has 0 radical (unpaired) electrons. The van der Waals surface area contributed by atoms with Gasteiger partial charge in [-0.3, -0.25) is 9.59 Å². The van der Waals surface area contributed by atoms with Crippen LogP contribution in [0.5, 0.6) is 0 Å². The molecule has 2 atom stereocenters. The van der Waals surface area contributed by atoms with Gasteiger partial charge in [0.05, 0.1) is 11.4 Å². The third kappa shape index (κ3) is 2.30. The Balaban J connectivity index is 1.91. The Morgan fingerprint density at radius 1 is 1.60 bits per heavy atom. The van der Waals surface area contributed by atoms with Gasteiger partial charge in [0.25, 0.3) is 0 Å². The van der Waals surface area contributed by atoms with E-state index in [1.165, 1.54) is 17.4 Å². The number of hydrogen-bond acceptors (Lipinski definition) is 4. The van der Waals surface area contributed by atoms with E-state index in [1.54, 1.807) is 17.0 Å². The van der Waals surface area contributed by atoms with Crippen LogP contribution in [-0.4, -0.2) is 21.8 Å². The van der Waals surface area contributed by atoms with Crippen LogP contribution in [0.2, 0.25) is 0 Å². The van der Waals surface area contributed by atoms with Crippen LogP contribution in [-0.2, 0) is 4.79 Å². The number of nitrogens with zero attached hydrogens (tertiary/aromatic N) is 1. The van der Waals surface area contributed by atoms with Crippen molar-refractivity contribution in [2.24, 2.45) is 11.8 Å². The number of aliphatic carboxylic acids is 1. The van der Waals surface area contributed by atoms with Gasteiger partial charge in [-0.15, -0.1) is 11.3 Å². The first-order valence-electron chi connectivity index (χ1n) is 4.52. The molecule has 1 aromatic heterocycles. The number of ketones is 1. The molecule has 1 heterocycles. The van der Waals surface area contributed by atoms with Crippen molar-refractivity contribution in [3.63, 3.8) is 0 Å². The van der Waals surface area contributed by atoms with E-state index in [2.05, 4.69) is 4.98 Å². The normalized spacial score (nSPS) is 24.3. The van der Waals surface area contributed by atoms with Crippen molar-refractivity contribution in [2.45, 2.75) is 6.42 Å². The number of carboxylic acids is 1. The topological polar surface area (TPSA) is 67.3 Å². The number of carbonyl (C=O) groups excluding carboxylic acids is 1. The molecule has 0 spiro atoms. The first kappa shape index (κ1) is 10.0. The number of hydrogen-bond donors (Lipinski definition) is 1. The molecule has 0 amide bonds.